The zero-order valence-corrected chi connectivity index (χ0v) is 12.8. The molecule has 0 radical (unpaired) electrons. The third-order valence-electron chi connectivity index (χ3n) is 3.31. The largest absolute Gasteiger partial charge is 0.459 e. The molecule has 0 bridgehead atoms. The molecule has 0 spiro atoms. The predicted octanol–water partition coefficient (Wildman–Crippen LogP) is 3.37. The number of carbonyl (C=O) groups excluding carboxylic acids is 2. The highest BCUT2D eigenvalue weighted by atomic mass is 16.3. The first-order chi connectivity index (χ1) is 10.6. The highest BCUT2D eigenvalue weighted by molar-refractivity contribution is 6.03. The van der Waals surface area contributed by atoms with Crippen LogP contribution in [0.5, 0.6) is 0 Å². The molecule has 0 aliphatic carbocycles. The predicted molar refractivity (Wildman–Crippen MR) is 85.1 cm³/mol. The van der Waals surface area contributed by atoms with E-state index in [0.717, 1.165) is 18.4 Å². The average molecular weight is 300 g/mol. The molecular formula is C17H20N2O3. The Hall–Kier alpha value is -2.56. The van der Waals surface area contributed by atoms with Gasteiger partial charge in [0, 0.05) is 17.8 Å². The average Bonchev–Trinajstić information content (AvgIpc) is 3.04. The summed E-state index contributed by atoms with van der Waals surface area (Å²) < 4.78 is 5.06. The number of benzene rings is 1. The second-order valence-corrected chi connectivity index (χ2v) is 5.07. The normalized spacial score (nSPS) is 10.3. The van der Waals surface area contributed by atoms with Crippen LogP contribution >= 0.6 is 0 Å². The molecule has 22 heavy (non-hydrogen) atoms. The van der Waals surface area contributed by atoms with Gasteiger partial charge in [-0.1, -0.05) is 19.4 Å². The second kappa shape index (κ2) is 7.45. The van der Waals surface area contributed by atoms with E-state index in [1.165, 1.54) is 6.26 Å². The summed E-state index contributed by atoms with van der Waals surface area (Å²) in [7, 11) is 0. The van der Waals surface area contributed by atoms with E-state index in [0.29, 0.717) is 17.8 Å². The van der Waals surface area contributed by atoms with Crippen LogP contribution < -0.4 is 10.6 Å². The van der Waals surface area contributed by atoms with Gasteiger partial charge in [-0.3, -0.25) is 9.59 Å². The highest BCUT2D eigenvalue weighted by Gasteiger charge is 2.12. The van der Waals surface area contributed by atoms with E-state index in [1.54, 1.807) is 24.3 Å². The lowest BCUT2D eigenvalue weighted by Crippen LogP contribution is -2.24. The molecule has 116 valence electrons. The van der Waals surface area contributed by atoms with Crippen LogP contribution in [0.25, 0.3) is 0 Å². The van der Waals surface area contributed by atoms with Crippen molar-refractivity contribution in [3.8, 4) is 0 Å². The van der Waals surface area contributed by atoms with E-state index < -0.39 is 0 Å². The highest BCUT2D eigenvalue weighted by Crippen LogP contribution is 2.18. The van der Waals surface area contributed by atoms with Gasteiger partial charge in [-0.15, -0.1) is 0 Å². The Kier molecular flexibility index (Phi) is 5.36. The summed E-state index contributed by atoms with van der Waals surface area (Å²) in [4.78, 5) is 24.1. The van der Waals surface area contributed by atoms with Gasteiger partial charge < -0.3 is 15.1 Å². The van der Waals surface area contributed by atoms with Gasteiger partial charge in [-0.2, -0.15) is 0 Å². The molecular weight excluding hydrogens is 280 g/mol. The Morgan fingerprint density at radius 2 is 2.00 bits per heavy atom. The lowest BCUT2D eigenvalue weighted by molar-refractivity contribution is 0.0951. The molecule has 0 saturated carbocycles. The maximum Gasteiger partial charge on any atom is 0.291 e. The maximum atomic E-state index is 12.1. The Morgan fingerprint density at radius 1 is 1.18 bits per heavy atom. The van der Waals surface area contributed by atoms with Crippen molar-refractivity contribution in [3.63, 3.8) is 0 Å². The number of rotatable bonds is 6. The summed E-state index contributed by atoms with van der Waals surface area (Å²) in [5, 5.41) is 5.62. The summed E-state index contributed by atoms with van der Waals surface area (Å²) in [5.41, 5.74) is 2.01. The third kappa shape index (κ3) is 3.97. The topological polar surface area (TPSA) is 71.3 Å². The van der Waals surface area contributed by atoms with E-state index >= 15 is 0 Å². The molecule has 2 amide bonds. The fourth-order valence-electron chi connectivity index (χ4n) is 1.97. The number of anilines is 1. The summed E-state index contributed by atoms with van der Waals surface area (Å²) >= 11 is 0. The van der Waals surface area contributed by atoms with Crippen LogP contribution in [-0.2, 0) is 0 Å². The molecule has 0 saturated heterocycles. The lowest BCUT2D eigenvalue weighted by atomic mass is 10.1. The quantitative estimate of drug-likeness (QED) is 0.803. The van der Waals surface area contributed by atoms with Crippen molar-refractivity contribution in [2.24, 2.45) is 0 Å². The first kappa shape index (κ1) is 15.8. The molecule has 2 aromatic rings. The van der Waals surface area contributed by atoms with Crippen LogP contribution in [0.2, 0.25) is 0 Å². The van der Waals surface area contributed by atoms with Crippen LogP contribution in [0.1, 0.15) is 46.2 Å². The molecule has 2 N–H and O–H groups in total. The van der Waals surface area contributed by atoms with Crippen molar-refractivity contribution >= 4 is 17.5 Å². The molecule has 2 rings (SSSR count). The van der Waals surface area contributed by atoms with E-state index in [4.69, 9.17) is 4.42 Å². The molecule has 0 atom stereocenters. The number of unbranched alkanes of at least 4 members (excludes halogenated alkanes) is 1. The number of furan rings is 1. The van der Waals surface area contributed by atoms with Crippen molar-refractivity contribution in [1.82, 2.24) is 5.32 Å². The van der Waals surface area contributed by atoms with Crippen LogP contribution in [0, 0.1) is 6.92 Å². The van der Waals surface area contributed by atoms with Gasteiger partial charge in [-0.25, -0.2) is 0 Å². The summed E-state index contributed by atoms with van der Waals surface area (Å²) in [6.45, 7) is 4.59. The number of hydrogen-bond acceptors (Lipinski definition) is 3. The molecule has 0 fully saturated rings. The van der Waals surface area contributed by atoms with Gasteiger partial charge in [0.15, 0.2) is 5.76 Å². The van der Waals surface area contributed by atoms with Crippen LogP contribution in [0.15, 0.2) is 41.0 Å². The number of carbonyl (C=O) groups is 2. The van der Waals surface area contributed by atoms with Gasteiger partial charge in [0.2, 0.25) is 0 Å². The summed E-state index contributed by atoms with van der Waals surface area (Å²) in [5.74, 6) is -0.240. The molecule has 5 nitrogen and oxygen atoms in total. The maximum absolute atomic E-state index is 12.1. The van der Waals surface area contributed by atoms with Crippen LogP contribution in [0.4, 0.5) is 5.69 Å². The standard InChI is InChI=1S/C17H20N2O3/c1-3-4-9-18-16(20)13-8-7-12(2)14(11-13)19-17(21)15-6-5-10-22-15/h5-8,10-11H,3-4,9H2,1-2H3,(H,18,20)(H,19,21). The molecule has 0 aliphatic rings. The monoisotopic (exact) mass is 300 g/mol. The molecule has 1 heterocycles. The van der Waals surface area contributed by atoms with Crippen molar-refractivity contribution in [2.45, 2.75) is 26.7 Å². The Balaban J connectivity index is 2.09. The molecule has 1 aromatic heterocycles. The first-order valence-corrected chi connectivity index (χ1v) is 7.35. The summed E-state index contributed by atoms with van der Waals surface area (Å²) in [6, 6.07) is 8.48. The smallest absolute Gasteiger partial charge is 0.291 e. The number of nitrogens with one attached hydrogen (secondary N) is 2. The number of aryl methyl sites for hydroxylation is 1. The van der Waals surface area contributed by atoms with Crippen molar-refractivity contribution < 1.29 is 14.0 Å². The van der Waals surface area contributed by atoms with E-state index in [2.05, 4.69) is 17.6 Å². The van der Waals surface area contributed by atoms with Crippen molar-refractivity contribution in [3.05, 3.63) is 53.5 Å². The van der Waals surface area contributed by atoms with Crippen molar-refractivity contribution in [1.29, 1.82) is 0 Å². The minimum atomic E-state index is -0.336. The van der Waals surface area contributed by atoms with E-state index in [1.807, 2.05) is 13.0 Å². The number of hydrogen-bond donors (Lipinski definition) is 2. The first-order valence-electron chi connectivity index (χ1n) is 7.35. The summed E-state index contributed by atoms with van der Waals surface area (Å²) in [6.07, 6.45) is 3.41. The van der Waals surface area contributed by atoms with Gasteiger partial charge >= 0.3 is 0 Å². The molecule has 0 unspecified atom stereocenters. The van der Waals surface area contributed by atoms with Crippen LogP contribution in [-0.4, -0.2) is 18.4 Å². The van der Waals surface area contributed by atoms with Gasteiger partial charge in [-0.05, 0) is 43.2 Å². The lowest BCUT2D eigenvalue weighted by Gasteiger charge is -2.10. The van der Waals surface area contributed by atoms with Gasteiger partial charge in [0.25, 0.3) is 11.8 Å². The fourth-order valence-corrected chi connectivity index (χ4v) is 1.97. The minimum Gasteiger partial charge on any atom is -0.459 e. The van der Waals surface area contributed by atoms with Crippen LogP contribution in [0.3, 0.4) is 0 Å². The molecule has 0 aliphatic heterocycles. The minimum absolute atomic E-state index is 0.137. The zero-order chi connectivity index (χ0) is 15.9. The zero-order valence-electron chi connectivity index (χ0n) is 12.8. The second-order valence-electron chi connectivity index (χ2n) is 5.07. The van der Waals surface area contributed by atoms with Gasteiger partial charge in [0.1, 0.15) is 0 Å². The molecule has 1 aromatic carbocycles. The number of amides is 2. The van der Waals surface area contributed by atoms with E-state index in [-0.39, 0.29) is 17.6 Å². The Labute approximate surface area is 129 Å². The van der Waals surface area contributed by atoms with Gasteiger partial charge in [0.05, 0.1) is 6.26 Å². The SMILES string of the molecule is CCCCNC(=O)c1ccc(C)c(NC(=O)c2ccco2)c1. The Morgan fingerprint density at radius 3 is 2.68 bits per heavy atom. The fraction of sp³-hybridized carbons (Fsp3) is 0.294. The Bertz CT molecular complexity index is 648. The molecule has 5 heteroatoms. The van der Waals surface area contributed by atoms with E-state index in [9.17, 15) is 9.59 Å². The third-order valence-corrected chi connectivity index (χ3v) is 3.31. The van der Waals surface area contributed by atoms with Crippen molar-refractivity contribution in [2.75, 3.05) is 11.9 Å².